The van der Waals surface area contributed by atoms with E-state index in [9.17, 15) is 4.79 Å². The number of halogens is 1. The van der Waals surface area contributed by atoms with Crippen LogP contribution >= 0.6 is 15.9 Å². The van der Waals surface area contributed by atoms with Crippen LogP contribution in [-0.4, -0.2) is 11.9 Å². The Bertz CT molecular complexity index is 437. The average molecular weight is 281 g/mol. The fourth-order valence-electron chi connectivity index (χ4n) is 1.19. The summed E-state index contributed by atoms with van der Waals surface area (Å²) in [6, 6.07) is 4.91. The molecule has 0 aliphatic carbocycles. The smallest absolute Gasteiger partial charge is 0.242 e. The summed E-state index contributed by atoms with van der Waals surface area (Å²) in [7, 11) is 0. The Hall–Kier alpha value is -1.31. The first kappa shape index (κ1) is 12.8. The number of nitrogens with one attached hydrogen (secondary N) is 1. The largest absolute Gasteiger partial charge is 0.324 e. The van der Waals surface area contributed by atoms with E-state index in [1.165, 1.54) is 0 Å². The Balaban J connectivity index is 2.78. The molecule has 0 aliphatic rings. The minimum atomic E-state index is -0.664. The van der Waals surface area contributed by atoms with E-state index in [1.807, 2.05) is 25.1 Å². The summed E-state index contributed by atoms with van der Waals surface area (Å²) in [6.45, 7) is 1.91. The van der Waals surface area contributed by atoms with E-state index in [0.29, 0.717) is 0 Å². The number of hydrogen-bond acceptors (Lipinski definition) is 2. The van der Waals surface area contributed by atoms with Crippen molar-refractivity contribution in [2.75, 3.05) is 5.32 Å². The normalized spacial score (nSPS) is 11.6. The highest BCUT2D eigenvalue weighted by molar-refractivity contribution is 9.10. The zero-order valence-corrected chi connectivity index (χ0v) is 10.5. The van der Waals surface area contributed by atoms with Crippen molar-refractivity contribution in [2.24, 2.45) is 5.73 Å². The van der Waals surface area contributed by atoms with Gasteiger partial charge in [-0.15, -0.1) is 12.3 Å². The molecule has 1 amide bonds. The lowest BCUT2D eigenvalue weighted by Gasteiger charge is -2.12. The molecule has 4 heteroatoms. The molecule has 0 saturated carbocycles. The number of rotatable bonds is 3. The number of carbonyl (C=O) groups excluding carboxylic acids is 1. The molecule has 1 aromatic rings. The van der Waals surface area contributed by atoms with E-state index in [1.54, 1.807) is 0 Å². The maximum absolute atomic E-state index is 11.6. The Morgan fingerprint density at radius 1 is 1.69 bits per heavy atom. The fraction of sp³-hybridized carbons (Fsp3) is 0.250. The third-order valence-corrected chi connectivity index (χ3v) is 3.06. The molecule has 1 aromatic carbocycles. The molecule has 0 fully saturated rings. The van der Waals surface area contributed by atoms with Gasteiger partial charge in [0.15, 0.2) is 0 Å². The zero-order chi connectivity index (χ0) is 12.1. The molecule has 3 nitrogen and oxygen atoms in total. The first-order chi connectivity index (χ1) is 7.56. The fourth-order valence-corrected chi connectivity index (χ4v) is 1.55. The zero-order valence-electron chi connectivity index (χ0n) is 8.96. The van der Waals surface area contributed by atoms with E-state index >= 15 is 0 Å². The van der Waals surface area contributed by atoms with Crippen molar-refractivity contribution >= 4 is 27.5 Å². The molecule has 0 radical (unpaired) electrons. The van der Waals surface area contributed by atoms with Crippen LogP contribution in [0.1, 0.15) is 12.0 Å². The van der Waals surface area contributed by atoms with Crippen molar-refractivity contribution in [1.82, 2.24) is 0 Å². The highest BCUT2D eigenvalue weighted by Crippen LogP contribution is 2.23. The van der Waals surface area contributed by atoms with Gasteiger partial charge in [0.2, 0.25) is 5.91 Å². The van der Waals surface area contributed by atoms with Crippen LogP contribution in [0.4, 0.5) is 5.69 Å². The summed E-state index contributed by atoms with van der Waals surface area (Å²) in [5.41, 5.74) is 7.30. The third kappa shape index (κ3) is 3.09. The van der Waals surface area contributed by atoms with Gasteiger partial charge in [-0.2, -0.15) is 0 Å². The lowest BCUT2D eigenvalue weighted by molar-refractivity contribution is -0.117. The summed E-state index contributed by atoms with van der Waals surface area (Å²) in [6.07, 6.45) is 5.33. The van der Waals surface area contributed by atoms with Gasteiger partial charge in [-0.25, -0.2) is 0 Å². The second-order valence-electron chi connectivity index (χ2n) is 3.42. The maximum atomic E-state index is 11.6. The molecule has 16 heavy (non-hydrogen) atoms. The average Bonchev–Trinajstić information content (AvgIpc) is 2.25. The van der Waals surface area contributed by atoms with Crippen LogP contribution in [0.3, 0.4) is 0 Å². The first-order valence-electron chi connectivity index (χ1n) is 4.81. The summed E-state index contributed by atoms with van der Waals surface area (Å²) in [5.74, 6) is 2.10. The van der Waals surface area contributed by atoms with Gasteiger partial charge in [-0.05, 0) is 24.6 Å². The van der Waals surface area contributed by atoms with Gasteiger partial charge >= 0.3 is 0 Å². The predicted molar refractivity (Wildman–Crippen MR) is 68.9 cm³/mol. The van der Waals surface area contributed by atoms with Crippen LogP contribution in [-0.2, 0) is 4.79 Å². The Labute approximate surface area is 104 Å². The van der Waals surface area contributed by atoms with Crippen LogP contribution in [0.25, 0.3) is 0 Å². The number of anilines is 1. The van der Waals surface area contributed by atoms with Gasteiger partial charge in [-0.1, -0.05) is 22.0 Å². The molecule has 84 valence electrons. The SMILES string of the molecule is C#CCC(N)C(=O)Nc1cccc(Br)c1C. The summed E-state index contributed by atoms with van der Waals surface area (Å²) in [4.78, 5) is 11.6. The van der Waals surface area contributed by atoms with Crippen molar-refractivity contribution < 1.29 is 4.79 Å². The van der Waals surface area contributed by atoms with Crippen LogP contribution in [0, 0.1) is 19.3 Å². The van der Waals surface area contributed by atoms with Crippen LogP contribution < -0.4 is 11.1 Å². The Morgan fingerprint density at radius 3 is 3.00 bits per heavy atom. The standard InChI is InChI=1S/C12H13BrN2O/c1-3-5-10(14)12(16)15-11-7-4-6-9(13)8(11)2/h1,4,6-7,10H,5,14H2,2H3,(H,15,16). The van der Waals surface area contributed by atoms with E-state index in [-0.39, 0.29) is 12.3 Å². The molecule has 1 unspecified atom stereocenters. The molecule has 0 bridgehead atoms. The number of benzene rings is 1. The van der Waals surface area contributed by atoms with Crippen molar-refractivity contribution in [2.45, 2.75) is 19.4 Å². The van der Waals surface area contributed by atoms with Gasteiger partial charge in [-0.3, -0.25) is 4.79 Å². The van der Waals surface area contributed by atoms with Crippen molar-refractivity contribution in [3.8, 4) is 12.3 Å². The molecule has 1 rings (SSSR count). The van der Waals surface area contributed by atoms with Gasteiger partial charge in [0, 0.05) is 16.6 Å². The summed E-state index contributed by atoms with van der Waals surface area (Å²) in [5, 5.41) is 2.75. The van der Waals surface area contributed by atoms with E-state index in [2.05, 4.69) is 27.2 Å². The monoisotopic (exact) mass is 280 g/mol. The van der Waals surface area contributed by atoms with E-state index in [4.69, 9.17) is 12.2 Å². The van der Waals surface area contributed by atoms with Crippen LogP contribution in [0.5, 0.6) is 0 Å². The first-order valence-corrected chi connectivity index (χ1v) is 5.60. The van der Waals surface area contributed by atoms with Gasteiger partial charge in [0.25, 0.3) is 0 Å². The minimum Gasteiger partial charge on any atom is -0.324 e. The molecule has 0 heterocycles. The number of amides is 1. The second kappa shape index (κ2) is 5.69. The maximum Gasteiger partial charge on any atom is 0.242 e. The second-order valence-corrected chi connectivity index (χ2v) is 4.27. The van der Waals surface area contributed by atoms with Crippen LogP contribution in [0.2, 0.25) is 0 Å². The summed E-state index contributed by atoms with van der Waals surface area (Å²) >= 11 is 3.39. The number of nitrogens with two attached hydrogens (primary N) is 1. The third-order valence-electron chi connectivity index (χ3n) is 2.20. The predicted octanol–water partition coefficient (Wildman–Crippen LogP) is 2.05. The quantitative estimate of drug-likeness (QED) is 0.833. The molecule has 0 spiro atoms. The van der Waals surface area contributed by atoms with Gasteiger partial charge < -0.3 is 11.1 Å². The van der Waals surface area contributed by atoms with Gasteiger partial charge in [0.1, 0.15) is 0 Å². The highest BCUT2D eigenvalue weighted by atomic mass is 79.9. The number of carbonyl (C=O) groups is 1. The highest BCUT2D eigenvalue weighted by Gasteiger charge is 2.13. The van der Waals surface area contributed by atoms with Crippen molar-refractivity contribution in [3.63, 3.8) is 0 Å². The van der Waals surface area contributed by atoms with E-state index in [0.717, 1.165) is 15.7 Å². The molecule has 0 saturated heterocycles. The van der Waals surface area contributed by atoms with Crippen molar-refractivity contribution in [1.29, 1.82) is 0 Å². The molecular weight excluding hydrogens is 268 g/mol. The summed E-state index contributed by atoms with van der Waals surface area (Å²) < 4.78 is 0.941. The van der Waals surface area contributed by atoms with Crippen molar-refractivity contribution in [3.05, 3.63) is 28.2 Å². The number of terminal acetylenes is 1. The Morgan fingerprint density at radius 2 is 2.38 bits per heavy atom. The van der Waals surface area contributed by atoms with E-state index < -0.39 is 6.04 Å². The lowest BCUT2D eigenvalue weighted by atomic mass is 10.1. The lowest BCUT2D eigenvalue weighted by Crippen LogP contribution is -2.35. The minimum absolute atomic E-state index is 0.235. The van der Waals surface area contributed by atoms with Gasteiger partial charge in [0.05, 0.1) is 6.04 Å². The number of hydrogen-bond donors (Lipinski definition) is 2. The molecule has 0 aliphatic heterocycles. The molecule has 0 aromatic heterocycles. The topological polar surface area (TPSA) is 55.1 Å². The molecule has 1 atom stereocenters. The van der Waals surface area contributed by atoms with Crippen LogP contribution in [0.15, 0.2) is 22.7 Å². The Kier molecular flexibility index (Phi) is 4.53. The molecular formula is C12H13BrN2O. The molecule has 3 N–H and O–H groups in total.